The lowest BCUT2D eigenvalue weighted by Gasteiger charge is -2.13. The van der Waals surface area contributed by atoms with Gasteiger partial charge in [-0.05, 0) is 32.0 Å². The van der Waals surface area contributed by atoms with Crippen molar-refractivity contribution in [3.05, 3.63) is 58.9 Å². The molecule has 2 heterocycles. The summed E-state index contributed by atoms with van der Waals surface area (Å²) in [6.45, 7) is 4.42. The molecule has 0 radical (unpaired) electrons. The molecule has 0 fully saturated rings. The van der Waals surface area contributed by atoms with Gasteiger partial charge in [-0.25, -0.2) is 9.37 Å². The third kappa shape index (κ3) is 4.40. The van der Waals surface area contributed by atoms with E-state index in [1.165, 1.54) is 23.5 Å². The van der Waals surface area contributed by atoms with Gasteiger partial charge in [0.25, 0.3) is 0 Å². The second-order valence-electron chi connectivity index (χ2n) is 6.90. The van der Waals surface area contributed by atoms with Gasteiger partial charge in [-0.15, -0.1) is 11.3 Å². The topological polar surface area (TPSA) is 60.5 Å². The van der Waals surface area contributed by atoms with Crippen LogP contribution in [0.2, 0.25) is 0 Å². The number of ether oxygens (including phenoxy) is 2. The molecule has 1 aromatic heterocycles. The fourth-order valence-corrected chi connectivity index (χ4v) is 4.13. The highest BCUT2D eigenvalue weighted by molar-refractivity contribution is 7.13. The number of rotatable bonds is 6. The quantitative estimate of drug-likeness (QED) is 0.629. The van der Waals surface area contributed by atoms with Gasteiger partial charge in [-0.3, -0.25) is 4.79 Å². The Morgan fingerprint density at radius 1 is 1.38 bits per heavy atom. The minimum absolute atomic E-state index is 0.113. The number of fused-ring (bicyclic) bond motifs is 1. The zero-order chi connectivity index (χ0) is 20.4. The molecule has 1 aliphatic heterocycles. The van der Waals surface area contributed by atoms with E-state index in [2.05, 4.69) is 10.3 Å². The van der Waals surface area contributed by atoms with E-state index in [0.717, 1.165) is 17.7 Å². The summed E-state index contributed by atoms with van der Waals surface area (Å²) in [5, 5.41) is 5.41. The number of carbonyl (C=O) groups is 1. The van der Waals surface area contributed by atoms with E-state index in [1.807, 2.05) is 31.4 Å². The third-order valence-electron chi connectivity index (χ3n) is 4.54. The summed E-state index contributed by atoms with van der Waals surface area (Å²) in [4.78, 5) is 17.1. The van der Waals surface area contributed by atoms with Crippen LogP contribution >= 0.6 is 11.3 Å². The lowest BCUT2D eigenvalue weighted by Crippen LogP contribution is -2.15. The summed E-state index contributed by atoms with van der Waals surface area (Å²) < 4.78 is 24.9. The van der Waals surface area contributed by atoms with Crippen LogP contribution < -0.4 is 14.8 Å². The molecule has 4 rings (SSSR count). The Hall–Kier alpha value is -2.93. The third-order valence-corrected chi connectivity index (χ3v) is 5.48. The Kier molecular flexibility index (Phi) is 5.49. The van der Waals surface area contributed by atoms with Crippen molar-refractivity contribution in [1.29, 1.82) is 0 Å². The molecule has 1 amide bonds. The van der Waals surface area contributed by atoms with Crippen LogP contribution in [0.4, 0.5) is 10.1 Å². The molecule has 0 spiro atoms. The largest absolute Gasteiger partial charge is 0.492 e. The predicted molar refractivity (Wildman–Crippen MR) is 111 cm³/mol. The van der Waals surface area contributed by atoms with Crippen molar-refractivity contribution in [2.24, 2.45) is 0 Å². The standard InChI is InChI=1S/C22H21FN2O3S/c1-3-27-20-9-15-7-13(2)28-19(15)11-18(20)25-21(26)10-17-12-29-22(24-17)14-5-4-6-16(23)8-14/h4-6,8-9,11-13H,3,7,10H2,1-2H3,(H,25,26). The Balaban J connectivity index is 1.48. The van der Waals surface area contributed by atoms with Crippen LogP contribution in [-0.4, -0.2) is 23.6 Å². The van der Waals surface area contributed by atoms with E-state index in [9.17, 15) is 9.18 Å². The van der Waals surface area contributed by atoms with E-state index in [4.69, 9.17) is 9.47 Å². The zero-order valence-electron chi connectivity index (χ0n) is 16.2. The number of carbonyl (C=O) groups excluding carboxylic acids is 1. The van der Waals surface area contributed by atoms with Crippen molar-refractivity contribution in [2.45, 2.75) is 32.8 Å². The smallest absolute Gasteiger partial charge is 0.230 e. The molecule has 1 aliphatic rings. The number of hydrogen-bond donors (Lipinski definition) is 1. The average Bonchev–Trinajstić information content (AvgIpc) is 3.27. The highest BCUT2D eigenvalue weighted by atomic mass is 32.1. The Morgan fingerprint density at radius 3 is 3.03 bits per heavy atom. The van der Waals surface area contributed by atoms with Gasteiger partial charge in [0.2, 0.25) is 5.91 Å². The first kappa shape index (κ1) is 19.4. The first-order chi connectivity index (χ1) is 14.0. The summed E-state index contributed by atoms with van der Waals surface area (Å²) in [6.07, 6.45) is 1.05. The number of thiazole rings is 1. The van der Waals surface area contributed by atoms with Crippen molar-refractivity contribution in [3.63, 3.8) is 0 Å². The molecule has 1 atom stereocenters. The number of anilines is 1. The molecule has 7 heteroatoms. The number of halogens is 1. The van der Waals surface area contributed by atoms with Crippen molar-refractivity contribution >= 4 is 22.9 Å². The normalized spacial score (nSPS) is 14.9. The average molecular weight is 412 g/mol. The second kappa shape index (κ2) is 8.21. The molecule has 29 heavy (non-hydrogen) atoms. The molecule has 0 aliphatic carbocycles. The number of benzene rings is 2. The van der Waals surface area contributed by atoms with Crippen molar-refractivity contribution in [3.8, 4) is 22.1 Å². The number of nitrogens with zero attached hydrogens (tertiary/aromatic N) is 1. The Bertz CT molecular complexity index is 1050. The van der Waals surface area contributed by atoms with E-state index in [0.29, 0.717) is 34.3 Å². The molecule has 0 saturated heterocycles. The Morgan fingerprint density at radius 2 is 2.24 bits per heavy atom. The van der Waals surface area contributed by atoms with Crippen LogP contribution in [0.1, 0.15) is 25.1 Å². The van der Waals surface area contributed by atoms with Crippen LogP contribution in [0.5, 0.6) is 11.5 Å². The summed E-state index contributed by atoms with van der Waals surface area (Å²) in [5.74, 6) is 0.899. The van der Waals surface area contributed by atoms with Crippen molar-refractivity contribution in [2.75, 3.05) is 11.9 Å². The summed E-state index contributed by atoms with van der Waals surface area (Å²) >= 11 is 1.38. The SMILES string of the molecule is CCOc1cc2c(cc1NC(=O)Cc1csc(-c3cccc(F)c3)n1)OC(C)C2. The number of nitrogens with one attached hydrogen (secondary N) is 1. The van der Waals surface area contributed by atoms with Gasteiger partial charge >= 0.3 is 0 Å². The molecule has 150 valence electrons. The maximum absolute atomic E-state index is 13.4. The van der Waals surface area contributed by atoms with Gasteiger partial charge in [-0.1, -0.05) is 12.1 Å². The summed E-state index contributed by atoms with van der Waals surface area (Å²) in [7, 11) is 0. The van der Waals surface area contributed by atoms with Crippen molar-refractivity contribution < 1.29 is 18.7 Å². The lowest BCUT2D eigenvalue weighted by molar-refractivity contribution is -0.115. The van der Waals surface area contributed by atoms with E-state index in [-0.39, 0.29) is 24.2 Å². The Labute approximate surface area is 172 Å². The van der Waals surface area contributed by atoms with Gasteiger partial charge in [-0.2, -0.15) is 0 Å². The van der Waals surface area contributed by atoms with Gasteiger partial charge in [0.05, 0.1) is 24.4 Å². The molecule has 0 bridgehead atoms. The number of hydrogen-bond acceptors (Lipinski definition) is 5. The minimum Gasteiger partial charge on any atom is -0.492 e. The van der Waals surface area contributed by atoms with E-state index < -0.39 is 0 Å². The fraction of sp³-hybridized carbons (Fsp3) is 0.273. The summed E-state index contributed by atoms with van der Waals surface area (Å²) in [5.41, 5.74) is 3.00. The highest BCUT2D eigenvalue weighted by Gasteiger charge is 2.22. The van der Waals surface area contributed by atoms with Gasteiger partial charge in [0.1, 0.15) is 28.4 Å². The van der Waals surface area contributed by atoms with E-state index >= 15 is 0 Å². The fourth-order valence-electron chi connectivity index (χ4n) is 3.31. The molecule has 1 N–H and O–H groups in total. The maximum atomic E-state index is 13.4. The molecular weight excluding hydrogens is 391 g/mol. The first-order valence-electron chi connectivity index (χ1n) is 9.48. The van der Waals surface area contributed by atoms with E-state index in [1.54, 1.807) is 12.1 Å². The second-order valence-corrected chi connectivity index (χ2v) is 7.76. The number of aromatic nitrogens is 1. The van der Waals surface area contributed by atoms with Crippen LogP contribution in [0.25, 0.3) is 10.6 Å². The molecule has 2 aromatic carbocycles. The summed E-state index contributed by atoms with van der Waals surface area (Å²) in [6, 6.07) is 10.0. The lowest BCUT2D eigenvalue weighted by atomic mass is 10.1. The van der Waals surface area contributed by atoms with Crippen molar-refractivity contribution in [1.82, 2.24) is 4.98 Å². The monoisotopic (exact) mass is 412 g/mol. The van der Waals surface area contributed by atoms with Crippen LogP contribution in [0.15, 0.2) is 41.8 Å². The van der Waals surface area contributed by atoms with Crippen LogP contribution in [0, 0.1) is 5.82 Å². The zero-order valence-corrected chi connectivity index (χ0v) is 17.0. The van der Waals surface area contributed by atoms with Gasteiger partial charge in [0, 0.05) is 29.0 Å². The first-order valence-corrected chi connectivity index (χ1v) is 10.4. The molecule has 1 unspecified atom stereocenters. The molecule has 3 aromatic rings. The van der Waals surface area contributed by atoms with Gasteiger partial charge < -0.3 is 14.8 Å². The molecular formula is C22H21FN2O3S. The minimum atomic E-state index is -0.311. The number of amides is 1. The molecule has 5 nitrogen and oxygen atoms in total. The predicted octanol–water partition coefficient (Wildman–Crippen LogP) is 4.85. The van der Waals surface area contributed by atoms with Crippen LogP contribution in [-0.2, 0) is 17.6 Å². The van der Waals surface area contributed by atoms with Gasteiger partial charge in [0.15, 0.2) is 0 Å². The highest BCUT2D eigenvalue weighted by Crippen LogP contribution is 2.38. The molecule has 0 saturated carbocycles. The maximum Gasteiger partial charge on any atom is 0.230 e. The van der Waals surface area contributed by atoms with Crippen LogP contribution in [0.3, 0.4) is 0 Å².